The molecule has 1 atom stereocenters. The zero-order valence-corrected chi connectivity index (χ0v) is 21.8. The molecule has 0 radical (unpaired) electrons. The van der Waals surface area contributed by atoms with Crippen molar-refractivity contribution in [2.24, 2.45) is 0 Å². The number of carbonyl (C=O) groups is 2. The topological polar surface area (TPSA) is 72.0 Å². The summed E-state index contributed by atoms with van der Waals surface area (Å²) in [6.45, 7) is 1.24. The van der Waals surface area contributed by atoms with Crippen molar-refractivity contribution in [2.75, 3.05) is 33.4 Å². The summed E-state index contributed by atoms with van der Waals surface area (Å²) in [7, 11) is 1.75. The lowest BCUT2D eigenvalue weighted by molar-refractivity contribution is -0.152. The van der Waals surface area contributed by atoms with Crippen molar-refractivity contribution < 1.29 is 23.5 Å². The predicted molar refractivity (Wildman–Crippen MR) is 146 cm³/mol. The van der Waals surface area contributed by atoms with E-state index in [9.17, 15) is 14.0 Å². The monoisotopic (exact) mass is 527 g/mol. The first-order valence-corrected chi connectivity index (χ1v) is 12.9. The molecule has 2 amide bonds. The third-order valence-corrected chi connectivity index (χ3v) is 6.85. The molecule has 1 saturated heterocycles. The molecular weight excluding hydrogens is 497 g/mol. The van der Waals surface area contributed by atoms with Crippen molar-refractivity contribution in [2.45, 2.75) is 18.6 Å². The number of para-hydroxylation sites is 1. The van der Waals surface area contributed by atoms with E-state index in [0.717, 1.165) is 16.5 Å². The van der Waals surface area contributed by atoms with Gasteiger partial charge in [-0.25, -0.2) is 4.39 Å². The highest BCUT2D eigenvalue weighted by molar-refractivity contribution is 5.97. The Morgan fingerprint density at radius 3 is 2.59 bits per heavy atom. The van der Waals surface area contributed by atoms with Gasteiger partial charge in [0, 0.05) is 31.7 Å². The zero-order valence-electron chi connectivity index (χ0n) is 21.8. The number of fused-ring (bicyclic) bond motifs is 1. The fraction of sp³-hybridized carbons (Fsp3) is 0.258. The number of morpholine rings is 1. The van der Waals surface area contributed by atoms with Gasteiger partial charge in [-0.1, -0.05) is 48.5 Å². The molecule has 200 valence electrons. The highest BCUT2D eigenvalue weighted by atomic mass is 19.1. The Hall–Kier alpha value is -4.30. The van der Waals surface area contributed by atoms with E-state index in [1.807, 2.05) is 60.7 Å². The van der Waals surface area contributed by atoms with Crippen LogP contribution >= 0.6 is 0 Å². The number of rotatable bonds is 8. The van der Waals surface area contributed by atoms with Crippen LogP contribution in [0.25, 0.3) is 10.9 Å². The molecule has 0 saturated carbocycles. The number of nitrogens with zero attached hydrogens (tertiary/aromatic N) is 3. The molecule has 0 N–H and O–H groups in total. The minimum Gasteiger partial charge on any atom is -0.490 e. The second kappa shape index (κ2) is 11.6. The van der Waals surface area contributed by atoms with Crippen LogP contribution in [0.3, 0.4) is 0 Å². The summed E-state index contributed by atoms with van der Waals surface area (Å²) in [5.41, 5.74) is 1.20. The molecule has 0 bridgehead atoms. The molecule has 2 heterocycles. The number of pyridine rings is 1. The second-order valence-corrected chi connectivity index (χ2v) is 9.83. The maximum atomic E-state index is 13.6. The zero-order chi connectivity index (χ0) is 27.2. The van der Waals surface area contributed by atoms with Crippen molar-refractivity contribution in [3.63, 3.8) is 0 Å². The Bertz CT molecular complexity index is 1450. The van der Waals surface area contributed by atoms with Gasteiger partial charge in [0.05, 0.1) is 30.7 Å². The van der Waals surface area contributed by atoms with E-state index in [4.69, 9.17) is 9.47 Å². The fourth-order valence-corrected chi connectivity index (χ4v) is 4.74. The molecule has 4 aromatic rings. The summed E-state index contributed by atoms with van der Waals surface area (Å²) >= 11 is 0. The molecule has 1 fully saturated rings. The average Bonchev–Trinajstić information content (AvgIpc) is 2.97. The van der Waals surface area contributed by atoms with Gasteiger partial charge < -0.3 is 19.3 Å². The van der Waals surface area contributed by atoms with E-state index in [2.05, 4.69) is 4.98 Å². The van der Waals surface area contributed by atoms with Crippen molar-refractivity contribution in [1.82, 2.24) is 14.8 Å². The number of hydrogen-bond donors (Lipinski definition) is 0. The van der Waals surface area contributed by atoms with E-state index in [-0.39, 0.29) is 43.8 Å². The third-order valence-electron chi connectivity index (χ3n) is 6.85. The van der Waals surface area contributed by atoms with Gasteiger partial charge in [0.1, 0.15) is 23.8 Å². The molecule has 39 heavy (non-hydrogen) atoms. The number of amides is 2. The molecule has 0 unspecified atom stereocenters. The summed E-state index contributed by atoms with van der Waals surface area (Å²) < 4.78 is 25.6. The van der Waals surface area contributed by atoms with Crippen LogP contribution in [0.1, 0.15) is 22.3 Å². The van der Waals surface area contributed by atoms with E-state index < -0.39 is 5.60 Å². The lowest BCUT2D eigenvalue weighted by atomic mass is 9.96. The largest absolute Gasteiger partial charge is 0.490 e. The quantitative estimate of drug-likeness (QED) is 0.332. The van der Waals surface area contributed by atoms with Gasteiger partial charge in [0.2, 0.25) is 5.91 Å². The SMILES string of the molecule is CN(Cc1ccccc1)C(=O)C[C@@]1(COc2ccc(F)cc2)CN(C(=O)c2cnc3ccccc3c2)CCO1. The molecule has 1 aliphatic heterocycles. The average molecular weight is 528 g/mol. The van der Waals surface area contributed by atoms with Gasteiger partial charge in [-0.05, 0) is 42.0 Å². The Kier molecular flexibility index (Phi) is 7.84. The Morgan fingerprint density at radius 1 is 1.05 bits per heavy atom. The van der Waals surface area contributed by atoms with Crippen LogP contribution < -0.4 is 4.74 Å². The molecule has 8 heteroatoms. The standard InChI is InChI=1S/C31H30FN3O4/c1-34(20-23-7-3-2-4-8-23)29(36)18-31(22-38-27-13-11-26(32)12-14-27)21-35(15-16-39-31)30(37)25-17-24-9-5-6-10-28(24)33-19-25/h2-14,17,19H,15-16,18,20-22H2,1H3/t31-/m0/s1. The van der Waals surface area contributed by atoms with Gasteiger partial charge in [-0.15, -0.1) is 0 Å². The molecule has 0 spiro atoms. The van der Waals surface area contributed by atoms with Crippen LogP contribution in [0.2, 0.25) is 0 Å². The van der Waals surface area contributed by atoms with E-state index >= 15 is 0 Å². The Labute approximate surface area is 226 Å². The van der Waals surface area contributed by atoms with Gasteiger partial charge in [0.25, 0.3) is 5.91 Å². The third kappa shape index (κ3) is 6.41. The number of carbonyl (C=O) groups excluding carboxylic acids is 2. The minimum absolute atomic E-state index is 0.0112. The van der Waals surface area contributed by atoms with Crippen molar-refractivity contribution in [3.05, 3.63) is 108 Å². The van der Waals surface area contributed by atoms with E-state index in [1.54, 1.807) is 23.0 Å². The molecule has 7 nitrogen and oxygen atoms in total. The maximum absolute atomic E-state index is 13.6. The van der Waals surface area contributed by atoms with Gasteiger partial charge in [-0.2, -0.15) is 0 Å². The molecule has 1 aliphatic rings. The van der Waals surface area contributed by atoms with Crippen LogP contribution in [-0.2, 0) is 16.1 Å². The first-order chi connectivity index (χ1) is 18.9. The lowest BCUT2D eigenvalue weighted by Gasteiger charge is -2.42. The highest BCUT2D eigenvalue weighted by Crippen LogP contribution is 2.27. The fourth-order valence-electron chi connectivity index (χ4n) is 4.74. The lowest BCUT2D eigenvalue weighted by Crippen LogP contribution is -2.58. The van der Waals surface area contributed by atoms with Crippen LogP contribution in [0.15, 0.2) is 91.1 Å². The molecule has 0 aliphatic carbocycles. The van der Waals surface area contributed by atoms with Gasteiger partial charge >= 0.3 is 0 Å². The molecule has 3 aromatic carbocycles. The molecular formula is C31H30FN3O4. The van der Waals surface area contributed by atoms with Crippen LogP contribution in [-0.4, -0.2) is 65.6 Å². The summed E-state index contributed by atoms with van der Waals surface area (Å²) in [5, 5.41) is 0.875. The summed E-state index contributed by atoms with van der Waals surface area (Å²) in [6, 6.07) is 24.8. The smallest absolute Gasteiger partial charge is 0.255 e. The maximum Gasteiger partial charge on any atom is 0.255 e. The van der Waals surface area contributed by atoms with E-state index in [0.29, 0.717) is 24.4 Å². The number of ether oxygens (including phenoxy) is 2. The second-order valence-electron chi connectivity index (χ2n) is 9.83. The molecule has 5 rings (SSSR count). The van der Waals surface area contributed by atoms with Gasteiger partial charge in [-0.3, -0.25) is 14.6 Å². The molecule has 1 aromatic heterocycles. The van der Waals surface area contributed by atoms with Crippen LogP contribution in [0.4, 0.5) is 4.39 Å². The summed E-state index contributed by atoms with van der Waals surface area (Å²) in [5.74, 6) is -0.243. The van der Waals surface area contributed by atoms with Gasteiger partial charge in [0.15, 0.2) is 0 Å². The van der Waals surface area contributed by atoms with Crippen molar-refractivity contribution >= 4 is 22.7 Å². The van der Waals surface area contributed by atoms with Crippen LogP contribution in [0.5, 0.6) is 5.75 Å². The highest BCUT2D eigenvalue weighted by Gasteiger charge is 2.42. The number of halogens is 1. The Balaban J connectivity index is 1.36. The summed E-state index contributed by atoms with van der Waals surface area (Å²) in [6.07, 6.45) is 1.59. The first kappa shape index (κ1) is 26.3. The normalized spacial score (nSPS) is 17.1. The first-order valence-electron chi connectivity index (χ1n) is 12.9. The number of hydrogen-bond acceptors (Lipinski definition) is 5. The predicted octanol–water partition coefficient (Wildman–Crippen LogP) is 4.71. The van der Waals surface area contributed by atoms with Crippen molar-refractivity contribution in [3.8, 4) is 5.75 Å². The van der Waals surface area contributed by atoms with E-state index in [1.165, 1.54) is 24.3 Å². The Morgan fingerprint density at radius 2 is 1.79 bits per heavy atom. The number of benzene rings is 3. The number of aromatic nitrogens is 1. The van der Waals surface area contributed by atoms with Crippen molar-refractivity contribution in [1.29, 1.82) is 0 Å². The van der Waals surface area contributed by atoms with Crippen LogP contribution in [0, 0.1) is 5.82 Å². The minimum atomic E-state index is -1.09. The summed E-state index contributed by atoms with van der Waals surface area (Å²) in [4.78, 5) is 34.7.